The van der Waals surface area contributed by atoms with Gasteiger partial charge in [-0.3, -0.25) is 24.2 Å². The molecule has 1 N–H and O–H groups in total. The van der Waals surface area contributed by atoms with Gasteiger partial charge in [0.05, 0.1) is 23.2 Å². The van der Waals surface area contributed by atoms with E-state index >= 15 is 0 Å². The lowest BCUT2D eigenvalue weighted by Crippen LogP contribution is -2.64. The molecule has 1 unspecified atom stereocenters. The molecule has 1 atom stereocenters. The van der Waals surface area contributed by atoms with Gasteiger partial charge in [-0.25, -0.2) is 0 Å². The van der Waals surface area contributed by atoms with Crippen molar-refractivity contribution in [2.75, 3.05) is 16.8 Å². The van der Waals surface area contributed by atoms with Gasteiger partial charge >= 0.3 is 0 Å². The topological polar surface area (TPSA) is 69.7 Å². The molecule has 0 aliphatic carbocycles. The molecule has 0 spiro atoms. The maximum absolute atomic E-state index is 13.5. The fraction of sp³-hybridized carbons (Fsp3) is 0.125. The number of nitrogens with one attached hydrogen (secondary N) is 1. The first-order chi connectivity index (χ1) is 14.5. The van der Waals surface area contributed by atoms with Crippen LogP contribution in [0.15, 0.2) is 78.9 Å². The second-order valence-corrected chi connectivity index (χ2v) is 7.66. The van der Waals surface area contributed by atoms with E-state index in [9.17, 15) is 14.4 Å². The highest BCUT2D eigenvalue weighted by atomic mass is 16.2. The summed E-state index contributed by atoms with van der Waals surface area (Å²) in [7, 11) is 0. The zero-order chi connectivity index (χ0) is 20.9. The molecule has 0 fully saturated rings. The Labute approximate surface area is 173 Å². The molecule has 0 aromatic heterocycles. The van der Waals surface area contributed by atoms with Gasteiger partial charge < -0.3 is 5.32 Å². The Kier molecular flexibility index (Phi) is 3.96. The predicted molar refractivity (Wildman–Crippen MR) is 114 cm³/mol. The van der Waals surface area contributed by atoms with Crippen LogP contribution in [0.1, 0.15) is 38.0 Å². The SMILES string of the molecule is CC1(CN2C(=O)c3ccccc3C2=O)Nc2ccccc2C(=O)N1c1ccccc1. The summed E-state index contributed by atoms with van der Waals surface area (Å²) in [5.41, 5.74) is 1.65. The fourth-order valence-electron chi connectivity index (χ4n) is 4.25. The molecule has 0 saturated heterocycles. The van der Waals surface area contributed by atoms with Gasteiger partial charge in [-0.15, -0.1) is 0 Å². The molecule has 30 heavy (non-hydrogen) atoms. The van der Waals surface area contributed by atoms with Gasteiger partial charge in [-0.05, 0) is 43.3 Å². The van der Waals surface area contributed by atoms with E-state index in [1.54, 1.807) is 35.2 Å². The molecule has 3 aromatic rings. The molecule has 5 rings (SSSR count). The highest BCUT2D eigenvalue weighted by molar-refractivity contribution is 6.21. The van der Waals surface area contributed by atoms with E-state index < -0.39 is 5.66 Å². The van der Waals surface area contributed by atoms with E-state index in [2.05, 4.69) is 5.32 Å². The molecule has 3 amide bonds. The minimum atomic E-state index is -1.03. The van der Waals surface area contributed by atoms with Crippen LogP contribution >= 0.6 is 0 Å². The molecule has 2 aliphatic heterocycles. The number of hydrogen-bond acceptors (Lipinski definition) is 4. The number of fused-ring (bicyclic) bond motifs is 2. The number of hydrogen-bond donors (Lipinski definition) is 1. The molecular weight excluding hydrogens is 378 g/mol. The molecule has 0 saturated carbocycles. The number of carbonyl (C=O) groups is 3. The number of rotatable bonds is 3. The van der Waals surface area contributed by atoms with Crippen molar-refractivity contribution in [2.45, 2.75) is 12.6 Å². The third kappa shape index (κ3) is 2.61. The molecule has 6 nitrogen and oxygen atoms in total. The van der Waals surface area contributed by atoms with Gasteiger partial charge in [0, 0.05) is 11.4 Å². The predicted octanol–water partition coefficient (Wildman–Crippen LogP) is 3.77. The quantitative estimate of drug-likeness (QED) is 0.683. The molecule has 2 heterocycles. The van der Waals surface area contributed by atoms with Crippen LogP contribution in [0, 0.1) is 0 Å². The third-order valence-corrected chi connectivity index (χ3v) is 5.62. The van der Waals surface area contributed by atoms with Crippen molar-refractivity contribution in [3.05, 3.63) is 95.6 Å². The van der Waals surface area contributed by atoms with Crippen molar-refractivity contribution in [2.24, 2.45) is 0 Å². The van der Waals surface area contributed by atoms with E-state index in [4.69, 9.17) is 0 Å². The summed E-state index contributed by atoms with van der Waals surface area (Å²) in [6, 6.07) is 23.3. The van der Waals surface area contributed by atoms with Crippen LogP contribution in [-0.2, 0) is 0 Å². The van der Waals surface area contributed by atoms with Gasteiger partial charge in [0.2, 0.25) is 0 Å². The van der Waals surface area contributed by atoms with Crippen molar-refractivity contribution >= 4 is 29.1 Å². The summed E-state index contributed by atoms with van der Waals surface area (Å²) in [5.74, 6) is -0.884. The summed E-state index contributed by atoms with van der Waals surface area (Å²) in [6.07, 6.45) is 0. The minimum absolute atomic E-state index is 0.00825. The normalized spacial score (nSPS) is 20.1. The molecule has 148 valence electrons. The Morgan fingerprint density at radius 2 is 1.23 bits per heavy atom. The number of nitrogens with zero attached hydrogens (tertiary/aromatic N) is 2. The van der Waals surface area contributed by atoms with E-state index in [1.807, 2.05) is 55.5 Å². The van der Waals surface area contributed by atoms with Crippen LogP contribution in [0.4, 0.5) is 11.4 Å². The number of carbonyl (C=O) groups excluding carboxylic acids is 3. The summed E-state index contributed by atoms with van der Waals surface area (Å²) < 4.78 is 0. The Bertz CT molecular complexity index is 1160. The van der Waals surface area contributed by atoms with Gasteiger partial charge in [0.25, 0.3) is 17.7 Å². The van der Waals surface area contributed by atoms with Crippen molar-refractivity contribution in [3.63, 3.8) is 0 Å². The first kappa shape index (κ1) is 18.1. The summed E-state index contributed by atoms with van der Waals surface area (Å²) in [4.78, 5) is 42.3. The zero-order valence-electron chi connectivity index (χ0n) is 16.3. The summed E-state index contributed by atoms with van der Waals surface area (Å²) in [6.45, 7) is 1.84. The Morgan fingerprint density at radius 1 is 0.700 bits per heavy atom. The highest BCUT2D eigenvalue weighted by Crippen LogP contribution is 2.36. The molecular formula is C24H19N3O3. The first-order valence-electron chi connectivity index (χ1n) is 9.72. The first-order valence-corrected chi connectivity index (χ1v) is 9.72. The van der Waals surface area contributed by atoms with Crippen molar-refractivity contribution < 1.29 is 14.4 Å². The maximum atomic E-state index is 13.5. The maximum Gasteiger partial charge on any atom is 0.262 e. The number of para-hydroxylation sites is 2. The van der Waals surface area contributed by atoms with Crippen LogP contribution < -0.4 is 10.2 Å². The fourth-order valence-corrected chi connectivity index (χ4v) is 4.25. The van der Waals surface area contributed by atoms with Crippen molar-refractivity contribution in [1.29, 1.82) is 0 Å². The van der Waals surface area contributed by atoms with Crippen LogP contribution in [0.3, 0.4) is 0 Å². The monoisotopic (exact) mass is 397 g/mol. The Hall–Kier alpha value is -3.93. The molecule has 3 aromatic carbocycles. The lowest BCUT2D eigenvalue weighted by molar-refractivity contribution is 0.0615. The molecule has 6 heteroatoms. The second kappa shape index (κ2) is 6.56. The number of imide groups is 1. The third-order valence-electron chi connectivity index (χ3n) is 5.62. The average Bonchev–Trinajstić information content (AvgIpc) is 2.99. The number of amides is 3. The van der Waals surface area contributed by atoms with E-state index in [0.717, 1.165) is 0 Å². The minimum Gasteiger partial charge on any atom is -0.360 e. The lowest BCUT2D eigenvalue weighted by atomic mass is 9.98. The van der Waals surface area contributed by atoms with Crippen LogP contribution in [-0.4, -0.2) is 34.8 Å². The lowest BCUT2D eigenvalue weighted by Gasteiger charge is -2.47. The van der Waals surface area contributed by atoms with E-state index in [-0.39, 0.29) is 24.3 Å². The van der Waals surface area contributed by atoms with Crippen molar-refractivity contribution in [3.8, 4) is 0 Å². The zero-order valence-corrected chi connectivity index (χ0v) is 16.3. The van der Waals surface area contributed by atoms with Gasteiger partial charge in [0.1, 0.15) is 5.66 Å². The number of benzene rings is 3. The molecule has 0 radical (unpaired) electrons. The standard InChI is InChI=1S/C24H19N3O3/c1-24(15-26-21(28)17-11-5-6-12-18(17)22(26)29)25-20-14-8-7-13-19(20)23(30)27(24)16-9-3-2-4-10-16/h2-14,25H,15H2,1H3. The Balaban J connectivity index is 1.59. The second-order valence-electron chi connectivity index (χ2n) is 7.66. The smallest absolute Gasteiger partial charge is 0.262 e. The van der Waals surface area contributed by atoms with Crippen molar-refractivity contribution in [1.82, 2.24) is 4.90 Å². The van der Waals surface area contributed by atoms with Crippen LogP contribution in [0.25, 0.3) is 0 Å². The van der Waals surface area contributed by atoms with Crippen LogP contribution in [0.2, 0.25) is 0 Å². The highest BCUT2D eigenvalue weighted by Gasteiger charge is 2.47. The molecule has 0 bridgehead atoms. The number of anilines is 2. The van der Waals surface area contributed by atoms with E-state index in [1.165, 1.54) is 4.90 Å². The van der Waals surface area contributed by atoms with Gasteiger partial charge in [-0.2, -0.15) is 0 Å². The molecule has 2 aliphatic rings. The Morgan fingerprint density at radius 3 is 1.87 bits per heavy atom. The van der Waals surface area contributed by atoms with Crippen LogP contribution in [0.5, 0.6) is 0 Å². The largest absolute Gasteiger partial charge is 0.360 e. The van der Waals surface area contributed by atoms with Gasteiger partial charge in [0.15, 0.2) is 0 Å². The van der Waals surface area contributed by atoms with E-state index in [0.29, 0.717) is 28.1 Å². The summed E-state index contributed by atoms with van der Waals surface area (Å²) in [5, 5.41) is 3.41. The van der Waals surface area contributed by atoms with Gasteiger partial charge in [-0.1, -0.05) is 42.5 Å². The summed E-state index contributed by atoms with van der Waals surface area (Å²) >= 11 is 0. The average molecular weight is 397 g/mol.